The lowest BCUT2D eigenvalue weighted by Crippen LogP contribution is -2.47. The summed E-state index contributed by atoms with van der Waals surface area (Å²) in [5.74, 6) is 0. The lowest BCUT2D eigenvalue weighted by atomic mass is 10.1. The van der Waals surface area contributed by atoms with Gasteiger partial charge in [-0.3, -0.25) is 4.90 Å². The van der Waals surface area contributed by atoms with Crippen LogP contribution in [-0.2, 0) is 4.74 Å². The molecule has 0 heterocycles. The molecule has 2 N–H and O–H groups in total. The Hall–Kier alpha value is -0.120. The molecule has 0 saturated heterocycles. The quantitative estimate of drug-likeness (QED) is 0.585. The van der Waals surface area contributed by atoms with E-state index in [0.717, 1.165) is 19.7 Å². The zero-order chi connectivity index (χ0) is 12.4. The van der Waals surface area contributed by atoms with Crippen molar-refractivity contribution >= 4 is 0 Å². The van der Waals surface area contributed by atoms with Crippen LogP contribution in [0.4, 0.5) is 0 Å². The Labute approximate surface area is 101 Å². The normalized spacial score (nSPS) is 15.4. The molecule has 0 aromatic rings. The van der Waals surface area contributed by atoms with Crippen LogP contribution in [0.2, 0.25) is 0 Å². The minimum Gasteiger partial charge on any atom is -0.383 e. The van der Waals surface area contributed by atoms with Gasteiger partial charge in [-0.15, -0.1) is 0 Å². The van der Waals surface area contributed by atoms with E-state index in [0.29, 0.717) is 12.1 Å². The van der Waals surface area contributed by atoms with E-state index < -0.39 is 0 Å². The van der Waals surface area contributed by atoms with Gasteiger partial charge < -0.3 is 10.5 Å². The van der Waals surface area contributed by atoms with Gasteiger partial charge in [0.1, 0.15) is 0 Å². The summed E-state index contributed by atoms with van der Waals surface area (Å²) in [6, 6.07) is 0.979. The molecule has 0 aliphatic carbocycles. The van der Waals surface area contributed by atoms with Crippen molar-refractivity contribution in [2.75, 3.05) is 26.8 Å². The number of nitrogens with zero attached hydrogens (tertiary/aromatic N) is 1. The van der Waals surface area contributed by atoms with Crippen LogP contribution in [0.25, 0.3) is 0 Å². The summed E-state index contributed by atoms with van der Waals surface area (Å²) < 4.78 is 5.22. The molecule has 0 aliphatic rings. The average Bonchev–Trinajstić information content (AvgIpc) is 2.28. The van der Waals surface area contributed by atoms with Crippen LogP contribution in [-0.4, -0.2) is 43.8 Å². The van der Waals surface area contributed by atoms with Crippen LogP contribution in [0.3, 0.4) is 0 Å². The molecule has 2 unspecified atom stereocenters. The number of methoxy groups -OCH3 is 1. The molecule has 3 heteroatoms. The maximum absolute atomic E-state index is 5.88. The summed E-state index contributed by atoms with van der Waals surface area (Å²) in [6.45, 7) is 9.26. The van der Waals surface area contributed by atoms with Crippen molar-refractivity contribution in [1.29, 1.82) is 0 Å². The van der Waals surface area contributed by atoms with E-state index in [9.17, 15) is 0 Å². The minimum absolute atomic E-state index is 0.463. The molecule has 0 bridgehead atoms. The van der Waals surface area contributed by atoms with Crippen LogP contribution in [0, 0.1) is 0 Å². The molecule has 0 saturated carbocycles. The summed E-state index contributed by atoms with van der Waals surface area (Å²) in [4.78, 5) is 2.47. The van der Waals surface area contributed by atoms with Crippen molar-refractivity contribution in [3.05, 3.63) is 0 Å². The Bertz CT molecular complexity index is 153. The molecule has 98 valence electrons. The first-order valence-corrected chi connectivity index (χ1v) is 6.65. The van der Waals surface area contributed by atoms with E-state index in [1.54, 1.807) is 7.11 Å². The van der Waals surface area contributed by atoms with E-state index in [-0.39, 0.29) is 0 Å². The van der Waals surface area contributed by atoms with Crippen molar-refractivity contribution in [2.45, 2.75) is 58.5 Å². The average molecular weight is 230 g/mol. The molecule has 0 amide bonds. The highest BCUT2D eigenvalue weighted by Crippen LogP contribution is 2.12. The van der Waals surface area contributed by atoms with E-state index in [2.05, 4.69) is 25.7 Å². The third-order valence-electron chi connectivity index (χ3n) is 3.22. The van der Waals surface area contributed by atoms with Crippen LogP contribution in [0.5, 0.6) is 0 Å². The summed E-state index contributed by atoms with van der Waals surface area (Å²) in [5.41, 5.74) is 5.88. The molecular weight excluding hydrogens is 200 g/mol. The van der Waals surface area contributed by atoms with Crippen LogP contribution < -0.4 is 5.73 Å². The fraction of sp³-hybridized carbons (Fsp3) is 1.00. The van der Waals surface area contributed by atoms with Crippen molar-refractivity contribution < 1.29 is 4.74 Å². The van der Waals surface area contributed by atoms with Gasteiger partial charge in [0.2, 0.25) is 0 Å². The third kappa shape index (κ3) is 5.83. The van der Waals surface area contributed by atoms with E-state index in [4.69, 9.17) is 10.5 Å². The number of hydrogen-bond acceptors (Lipinski definition) is 3. The van der Waals surface area contributed by atoms with Gasteiger partial charge in [-0.2, -0.15) is 0 Å². The first-order chi connectivity index (χ1) is 7.71. The van der Waals surface area contributed by atoms with Gasteiger partial charge in [0, 0.05) is 25.7 Å². The molecule has 0 aromatic heterocycles. The standard InChI is InChI=1S/C13H30N2O/c1-5-7-8-9-13(10-14)15(6-2)12(3)11-16-4/h12-13H,5-11,14H2,1-4H3. The predicted molar refractivity (Wildman–Crippen MR) is 70.7 cm³/mol. The highest BCUT2D eigenvalue weighted by atomic mass is 16.5. The Morgan fingerprint density at radius 3 is 2.38 bits per heavy atom. The Balaban J connectivity index is 4.14. The van der Waals surface area contributed by atoms with Crippen molar-refractivity contribution in [3.63, 3.8) is 0 Å². The second-order valence-corrected chi connectivity index (χ2v) is 4.52. The molecule has 3 nitrogen and oxygen atoms in total. The molecule has 16 heavy (non-hydrogen) atoms. The number of nitrogens with two attached hydrogens (primary N) is 1. The van der Waals surface area contributed by atoms with Crippen LogP contribution >= 0.6 is 0 Å². The number of ether oxygens (including phenoxy) is 1. The SMILES string of the molecule is CCCCCC(CN)N(CC)C(C)COC. The smallest absolute Gasteiger partial charge is 0.0615 e. The lowest BCUT2D eigenvalue weighted by molar-refractivity contribution is 0.0716. The maximum Gasteiger partial charge on any atom is 0.0615 e. The molecule has 0 radical (unpaired) electrons. The van der Waals surface area contributed by atoms with Gasteiger partial charge >= 0.3 is 0 Å². The molecule has 0 rings (SSSR count). The van der Waals surface area contributed by atoms with Crippen LogP contribution in [0.1, 0.15) is 46.5 Å². The fourth-order valence-electron chi connectivity index (χ4n) is 2.32. The fourth-order valence-corrected chi connectivity index (χ4v) is 2.32. The summed E-state index contributed by atoms with van der Waals surface area (Å²) >= 11 is 0. The summed E-state index contributed by atoms with van der Waals surface area (Å²) in [7, 11) is 1.76. The topological polar surface area (TPSA) is 38.5 Å². The number of hydrogen-bond donors (Lipinski definition) is 1. The van der Waals surface area contributed by atoms with Crippen LogP contribution in [0.15, 0.2) is 0 Å². The van der Waals surface area contributed by atoms with Gasteiger partial charge in [0.05, 0.1) is 6.61 Å². The molecule has 0 aromatic carbocycles. The first-order valence-electron chi connectivity index (χ1n) is 6.65. The third-order valence-corrected chi connectivity index (χ3v) is 3.22. The molecule has 0 aliphatic heterocycles. The highest BCUT2D eigenvalue weighted by Gasteiger charge is 2.20. The van der Waals surface area contributed by atoms with Crippen molar-refractivity contribution in [2.24, 2.45) is 5.73 Å². The Kier molecular flexibility index (Phi) is 9.99. The second-order valence-electron chi connectivity index (χ2n) is 4.52. The van der Waals surface area contributed by atoms with Gasteiger partial charge in [-0.05, 0) is 19.9 Å². The molecule has 0 spiro atoms. The first kappa shape index (κ1) is 15.9. The van der Waals surface area contributed by atoms with Gasteiger partial charge in [0.15, 0.2) is 0 Å². The second kappa shape index (κ2) is 10.1. The van der Waals surface area contributed by atoms with E-state index >= 15 is 0 Å². The maximum atomic E-state index is 5.88. The number of unbranched alkanes of at least 4 members (excludes halogenated alkanes) is 2. The zero-order valence-electron chi connectivity index (χ0n) is 11.5. The zero-order valence-corrected chi connectivity index (χ0v) is 11.5. The molecular formula is C13H30N2O. The highest BCUT2D eigenvalue weighted by molar-refractivity contribution is 4.76. The van der Waals surface area contributed by atoms with Gasteiger partial charge in [-0.1, -0.05) is 33.1 Å². The molecule has 2 atom stereocenters. The van der Waals surface area contributed by atoms with E-state index in [1.807, 2.05) is 0 Å². The largest absolute Gasteiger partial charge is 0.383 e. The Morgan fingerprint density at radius 1 is 1.25 bits per heavy atom. The van der Waals surface area contributed by atoms with Crippen molar-refractivity contribution in [1.82, 2.24) is 4.90 Å². The van der Waals surface area contributed by atoms with E-state index in [1.165, 1.54) is 25.7 Å². The monoisotopic (exact) mass is 230 g/mol. The lowest BCUT2D eigenvalue weighted by Gasteiger charge is -2.34. The number of likely N-dealkylation sites (N-methyl/N-ethyl adjacent to an activating group) is 1. The van der Waals surface area contributed by atoms with Gasteiger partial charge in [-0.25, -0.2) is 0 Å². The summed E-state index contributed by atoms with van der Waals surface area (Å²) in [5, 5.41) is 0. The predicted octanol–water partition coefficient (Wildman–Crippen LogP) is 2.25. The van der Waals surface area contributed by atoms with Crippen molar-refractivity contribution in [3.8, 4) is 0 Å². The summed E-state index contributed by atoms with van der Waals surface area (Å²) in [6.07, 6.45) is 5.09. The molecule has 0 fully saturated rings. The minimum atomic E-state index is 0.463. The van der Waals surface area contributed by atoms with Gasteiger partial charge in [0.25, 0.3) is 0 Å². The number of rotatable bonds is 10. The Morgan fingerprint density at radius 2 is 1.94 bits per heavy atom.